The second-order valence-corrected chi connectivity index (χ2v) is 7.91. The molecule has 0 radical (unpaired) electrons. The van der Waals surface area contributed by atoms with Crippen LogP contribution in [0.25, 0.3) is 10.1 Å². The Bertz CT molecular complexity index is 829. The summed E-state index contributed by atoms with van der Waals surface area (Å²) >= 11 is 1.58. The molecule has 132 valence electrons. The SMILES string of the molecule is COCCN1CC(Cc2ccc3sc4c(c3c2)CCNC4=O)CC1=O. The van der Waals surface area contributed by atoms with E-state index in [4.69, 9.17) is 4.74 Å². The van der Waals surface area contributed by atoms with Gasteiger partial charge in [0.1, 0.15) is 0 Å². The summed E-state index contributed by atoms with van der Waals surface area (Å²) in [5.74, 6) is 0.645. The van der Waals surface area contributed by atoms with Crippen molar-refractivity contribution in [3.8, 4) is 0 Å². The summed E-state index contributed by atoms with van der Waals surface area (Å²) < 4.78 is 6.26. The molecule has 4 rings (SSSR count). The lowest BCUT2D eigenvalue weighted by Gasteiger charge is -2.16. The van der Waals surface area contributed by atoms with Crippen LogP contribution in [-0.2, 0) is 22.4 Å². The first-order valence-electron chi connectivity index (χ1n) is 8.75. The van der Waals surface area contributed by atoms with Crippen LogP contribution in [0.2, 0.25) is 0 Å². The van der Waals surface area contributed by atoms with Crippen LogP contribution < -0.4 is 5.32 Å². The zero-order valence-electron chi connectivity index (χ0n) is 14.3. The van der Waals surface area contributed by atoms with E-state index in [-0.39, 0.29) is 11.8 Å². The third-order valence-corrected chi connectivity index (χ3v) is 6.32. The first kappa shape index (κ1) is 16.5. The van der Waals surface area contributed by atoms with Crippen molar-refractivity contribution in [3.05, 3.63) is 34.2 Å². The molecule has 5 nitrogen and oxygen atoms in total. The maximum absolute atomic E-state index is 12.1. The van der Waals surface area contributed by atoms with Crippen molar-refractivity contribution in [2.24, 2.45) is 5.92 Å². The van der Waals surface area contributed by atoms with Crippen molar-refractivity contribution in [3.63, 3.8) is 0 Å². The summed E-state index contributed by atoms with van der Waals surface area (Å²) in [4.78, 5) is 26.9. The van der Waals surface area contributed by atoms with Crippen molar-refractivity contribution in [2.45, 2.75) is 19.3 Å². The smallest absolute Gasteiger partial charge is 0.261 e. The average molecular weight is 358 g/mol. The number of methoxy groups -OCH3 is 1. The predicted octanol–water partition coefficient (Wildman–Crippen LogP) is 2.22. The molecule has 1 atom stereocenters. The molecule has 0 aliphatic carbocycles. The number of likely N-dealkylation sites (tertiary alicyclic amines) is 1. The minimum Gasteiger partial charge on any atom is -0.383 e. The lowest BCUT2D eigenvalue weighted by atomic mass is 9.96. The van der Waals surface area contributed by atoms with Gasteiger partial charge in [-0.3, -0.25) is 9.59 Å². The van der Waals surface area contributed by atoms with Crippen LogP contribution in [-0.4, -0.2) is 50.1 Å². The number of carbonyl (C=O) groups excluding carboxylic acids is 2. The van der Waals surface area contributed by atoms with Gasteiger partial charge in [-0.2, -0.15) is 0 Å². The highest BCUT2D eigenvalue weighted by atomic mass is 32.1. The lowest BCUT2D eigenvalue weighted by molar-refractivity contribution is -0.128. The van der Waals surface area contributed by atoms with E-state index in [0.717, 1.165) is 24.3 Å². The van der Waals surface area contributed by atoms with Crippen LogP contribution in [0.3, 0.4) is 0 Å². The summed E-state index contributed by atoms with van der Waals surface area (Å²) in [5, 5.41) is 4.13. The fourth-order valence-corrected chi connectivity index (χ4v) is 5.03. The van der Waals surface area contributed by atoms with Crippen LogP contribution in [0.1, 0.15) is 27.2 Å². The molecule has 1 N–H and O–H groups in total. The number of ether oxygens (including phenoxy) is 1. The van der Waals surface area contributed by atoms with Gasteiger partial charge < -0.3 is 15.0 Å². The number of rotatable bonds is 5. The van der Waals surface area contributed by atoms with Crippen LogP contribution in [0.5, 0.6) is 0 Å². The Morgan fingerprint density at radius 3 is 3.08 bits per heavy atom. The number of fused-ring (bicyclic) bond motifs is 3. The van der Waals surface area contributed by atoms with E-state index in [1.807, 2.05) is 4.90 Å². The van der Waals surface area contributed by atoms with Gasteiger partial charge >= 0.3 is 0 Å². The number of benzene rings is 1. The largest absolute Gasteiger partial charge is 0.383 e. The first-order valence-corrected chi connectivity index (χ1v) is 9.56. The second kappa shape index (κ2) is 6.77. The van der Waals surface area contributed by atoms with Crippen molar-refractivity contribution in [2.75, 3.05) is 33.4 Å². The molecule has 25 heavy (non-hydrogen) atoms. The second-order valence-electron chi connectivity index (χ2n) is 6.85. The Balaban J connectivity index is 1.53. The van der Waals surface area contributed by atoms with Gasteiger partial charge in [0.2, 0.25) is 5.91 Å². The highest BCUT2D eigenvalue weighted by Gasteiger charge is 2.29. The van der Waals surface area contributed by atoms with Crippen LogP contribution in [0, 0.1) is 5.92 Å². The molecular formula is C19H22N2O3S. The number of carbonyl (C=O) groups is 2. The third kappa shape index (κ3) is 3.16. The standard InChI is InChI=1S/C19H22N2O3S/c1-24-7-6-21-11-13(10-17(21)22)8-12-2-3-16-15(9-12)14-4-5-20-19(23)18(14)25-16/h2-3,9,13H,4-8,10-11H2,1H3,(H,20,23). The van der Waals surface area contributed by atoms with Gasteiger partial charge in [0, 0.05) is 37.9 Å². The Labute approximate surface area is 151 Å². The molecule has 1 aromatic carbocycles. The monoisotopic (exact) mass is 358 g/mol. The molecule has 2 aliphatic heterocycles. The highest BCUT2D eigenvalue weighted by Crippen LogP contribution is 2.34. The number of nitrogens with one attached hydrogen (secondary N) is 1. The molecule has 1 aromatic heterocycles. The van der Waals surface area contributed by atoms with Gasteiger partial charge in [0.15, 0.2) is 0 Å². The summed E-state index contributed by atoms with van der Waals surface area (Å²) in [6.45, 7) is 2.80. The molecule has 2 aromatic rings. The zero-order valence-corrected chi connectivity index (χ0v) is 15.2. The average Bonchev–Trinajstić information content (AvgIpc) is 3.14. The van der Waals surface area contributed by atoms with Crippen molar-refractivity contribution >= 4 is 33.2 Å². The summed E-state index contributed by atoms with van der Waals surface area (Å²) in [5.41, 5.74) is 2.44. The molecule has 3 heterocycles. The summed E-state index contributed by atoms with van der Waals surface area (Å²) in [6.07, 6.45) is 2.42. The van der Waals surface area contributed by atoms with Gasteiger partial charge in [0.25, 0.3) is 5.91 Å². The van der Waals surface area contributed by atoms with E-state index in [0.29, 0.717) is 32.0 Å². The minimum absolute atomic E-state index is 0.0548. The molecule has 0 spiro atoms. The maximum Gasteiger partial charge on any atom is 0.261 e. The molecule has 1 unspecified atom stereocenters. The van der Waals surface area contributed by atoms with Crippen LogP contribution >= 0.6 is 11.3 Å². The van der Waals surface area contributed by atoms with E-state index in [2.05, 4.69) is 23.5 Å². The Morgan fingerprint density at radius 2 is 2.24 bits per heavy atom. The van der Waals surface area contributed by atoms with Crippen molar-refractivity contribution in [1.82, 2.24) is 10.2 Å². The van der Waals surface area contributed by atoms with E-state index in [1.54, 1.807) is 18.4 Å². The maximum atomic E-state index is 12.1. The van der Waals surface area contributed by atoms with Crippen LogP contribution in [0.15, 0.2) is 18.2 Å². The summed E-state index contributed by atoms with van der Waals surface area (Å²) in [7, 11) is 1.66. The van der Waals surface area contributed by atoms with Gasteiger partial charge in [0.05, 0.1) is 11.5 Å². The van der Waals surface area contributed by atoms with Crippen molar-refractivity contribution < 1.29 is 14.3 Å². The van der Waals surface area contributed by atoms with Gasteiger partial charge in [-0.05, 0) is 47.4 Å². The molecule has 2 aliphatic rings. The van der Waals surface area contributed by atoms with E-state index < -0.39 is 0 Å². The zero-order chi connectivity index (χ0) is 17.4. The lowest BCUT2D eigenvalue weighted by Crippen LogP contribution is -2.30. The molecule has 2 amide bonds. The molecule has 1 saturated heterocycles. The summed E-state index contributed by atoms with van der Waals surface area (Å²) in [6, 6.07) is 6.50. The number of amides is 2. The highest BCUT2D eigenvalue weighted by molar-refractivity contribution is 7.21. The molecule has 0 bridgehead atoms. The molecule has 0 saturated carbocycles. The minimum atomic E-state index is 0.0548. The Kier molecular flexibility index (Phi) is 4.48. The number of hydrogen-bond acceptors (Lipinski definition) is 4. The van der Waals surface area contributed by atoms with Crippen LogP contribution in [0.4, 0.5) is 0 Å². The topological polar surface area (TPSA) is 58.6 Å². The van der Waals surface area contributed by atoms with E-state index >= 15 is 0 Å². The molecule has 1 fully saturated rings. The van der Waals surface area contributed by atoms with E-state index in [9.17, 15) is 9.59 Å². The number of hydrogen-bond donors (Lipinski definition) is 1. The first-order chi connectivity index (χ1) is 12.2. The quantitative estimate of drug-likeness (QED) is 0.892. The number of thiophene rings is 1. The normalized spacial score (nSPS) is 20.2. The fraction of sp³-hybridized carbons (Fsp3) is 0.474. The molecule has 6 heteroatoms. The Hall–Kier alpha value is -1.92. The predicted molar refractivity (Wildman–Crippen MR) is 98.1 cm³/mol. The van der Waals surface area contributed by atoms with Crippen molar-refractivity contribution in [1.29, 1.82) is 0 Å². The van der Waals surface area contributed by atoms with Gasteiger partial charge in [-0.25, -0.2) is 0 Å². The fourth-order valence-electron chi connectivity index (χ4n) is 3.88. The Morgan fingerprint density at radius 1 is 1.36 bits per heavy atom. The van der Waals surface area contributed by atoms with Gasteiger partial charge in [-0.1, -0.05) is 6.07 Å². The number of nitrogens with zero attached hydrogens (tertiary/aromatic N) is 1. The molecular weight excluding hydrogens is 336 g/mol. The van der Waals surface area contributed by atoms with Gasteiger partial charge in [-0.15, -0.1) is 11.3 Å². The van der Waals surface area contributed by atoms with E-state index in [1.165, 1.54) is 21.2 Å². The third-order valence-electron chi connectivity index (χ3n) is 5.11.